The van der Waals surface area contributed by atoms with Gasteiger partial charge in [-0.15, -0.1) is 5.73 Å². The topological polar surface area (TPSA) is 20.2 Å². The zero-order valence-electron chi connectivity index (χ0n) is 9.24. The Morgan fingerprint density at radius 1 is 1.40 bits per heavy atom. The van der Waals surface area contributed by atoms with Gasteiger partial charge < -0.3 is 5.11 Å². The summed E-state index contributed by atoms with van der Waals surface area (Å²) in [5, 5.41) is 9.55. The van der Waals surface area contributed by atoms with Crippen LogP contribution in [0.4, 0.5) is 0 Å². The van der Waals surface area contributed by atoms with E-state index in [2.05, 4.69) is 24.4 Å². The summed E-state index contributed by atoms with van der Waals surface area (Å²) < 4.78 is 0. The standard InChI is InChI=1S/C14H18O/c1-3-12(11-14(15)4-2)10-13-8-6-5-7-9-13/h5-9,14-15H,1,4,10-11H2,2H3/t14-/m0/s1. The highest BCUT2D eigenvalue weighted by atomic mass is 16.3. The summed E-state index contributed by atoms with van der Waals surface area (Å²) in [7, 11) is 0. The zero-order chi connectivity index (χ0) is 11.1. The van der Waals surface area contributed by atoms with Crippen molar-refractivity contribution >= 4 is 0 Å². The lowest BCUT2D eigenvalue weighted by Crippen LogP contribution is -2.06. The molecule has 0 saturated carbocycles. The molecule has 0 saturated heterocycles. The maximum Gasteiger partial charge on any atom is 0.0580 e. The second-order valence-electron chi connectivity index (χ2n) is 3.71. The van der Waals surface area contributed by atoms with Gasteiger partial charge >= 0.3 is 0 Å². The van der Waals surface area contributed by atoms with Crippen molar-refractivity contribution in [3.8, 4) is 0 Å². The zero-order valence-corrected chi connectivity index (χ0v) is 9.24. The van der Waals surface area contributed by atoms with E-state index in [9.17, 15) is 5.11 Å². The lowest BCUT2D eigenvalue weighted by atomic mass is 10.00. The molecule has 80 valence electrons. The van der Waals surface area contributed by atoms with Crippen LogP contribution in [0.25, 0.3) is 0 Å². The summed E-state index contributed by atoms with van der Waals surface area (Å²) >= 11 is 0. The van der Waals surface area contributed by atoms with Gasteiger partial charge in [-0.2, -0.15) is 0 Å². The van der Waals surface area contributed by atoms with Gasteiger partial charge in [0.15, 0.2) is 0 Å². The van der Waals surface area contributed by atoms with E-state index in [1.807, 2.05) is 25.1 Å². The molecule has 1 N–H and O–H groups in total. The summed E-state index contributed by atoms with van der Waals surface area (Å²) in [6.45, 7) is 5.65. The van der Waals surface area contributed by atoms with Crippen molar-refractivity contribution in [2.24, 2.45) is 0 Å². The Hall–Kier alpha value is -1.30. The molecule has 1 atom stereocenters. The van der Waals surface area contributed by atoms with Gasteiger partial charge in [0.05, 0.1) is 6.10 Å². The Bertz CT molecular complexity index is 334. The molecule has 0 amide bonds. The van der Waals surface area contributed by atoms with Crippen molar-refractivity contribution in [3.05, 3.63) is 53.8 Å². The van der Waals surface area contributed by atoms with Crippen LogP contribution in [-0.4, -0.2) is 11.2 Å². The second-order valence-corrected chi connectivity index (χ2v) is 3.71. The number of hydrogen-bond acceptors (Lipinski definition) is 1. The highest BCUT2D eigenvalue weighted by Gasteiger charge is 2.05. The van der Waals surface area contributed by atoms with Gasteiger partial charge in [-0.1, -0.05) is 43.8 Å². The van der Waals surface area contributed by atoms with E-state index in [4.69, 9.17) is 0 Å². The predicted octanol–water partition coefficient (Wildman–Crippen LogP) is 3.10. The van der Waals surface area contributed by atoms with E-state index in [-0.39, 0.29) is 6.10 Å². The molecule has 15 heavy (non-hydrogen) atoms. The van der Waals surface area contributed by atoms with E-state index >= 15 is 0 Å². The maximum absolute atomic E-state index is 9.55. The minimum atomic E-state index is -0.266. The fourth-order valence-electron chi connectivity index (χ4n) is 1.48. The Morgan fingerprint density at radius 3 is 2.60 bits per heavy atom. The highest BCUT2D eigenvalue weighted by Crippen LogP contribution is 2.13. The lowest BCUT2D eigenvalue weighted by Gasteiger charge is -2.09. The third kappa shape index (κ3) is 4.16. The van der Waals surface area contributed by atoms with Crippen LogP contribution >= 0.6 is 0 Å². The number of rotatable bonds is 5. The molecule has 0 aliphatic rings. The molecule has 0 aliphatic heterocycles. The molecule has 0 aromatic heterocycles. The number of benzene rings is 1. The molecular formula is C14H18O. The summed E-state index contributed by atoms with van der Waals surface area (Å²) in [5.41, 5.74) is 5.24. The molecule has 0 bridgehead atoms. The van der Waals surface area contributed by atoms with Gasteiger partial charge in [-0.25, -0.2) is 0 Å². The van der Waals surface area contributed by atoms with Crippen LogP contribution in [0, 0.1) is 0 Å². The third-order valence-corrected chi connectivity index (χ3v) is 2.46. The first-order valence-corrected chi connectivity index (χ1v) is 5.36. The van der Waals surface area contributed by atoms with Crippen LogP contribution in [0.1, 0.15) is 25.3 Å². The van der Waals surface area contributed by atoms with Crippen LogP contribution in [0.15, 0.2) is 48.2 Å². The fourth-order valence-corrected chi connectivity index (χ4v) is 1.48. The molecule has 1 rings (SSSR count). The fraction of sp³-hybridized carbons (Fsp3) is 0.357. The average Bonchev–Trinajstić information content (AvgIpc) is 2.29. The molecule has 0 aliphatic carbocycles. The molecule has 0 unspecified atom stereocenters. The van der Waals surface area contributed by atoms with Crippen LogP contribution < -0.4 is 0 Å². The van der Waals surface area contributed by atoms with Crippen LogP contribution in [-0.2, 0) is 6.42 Å². The van der Waals surface area contributed by atoms with Crippen LogP contribution in [0.5, 0.6) is 0 Å². The van der Waals surface area contributed by atoms with Gasteiger partial charge in [-0.3, -0.25) is 0 Å². The number of aliphatic hydroxyl groups excluding tert-OH is 1. The largest absolute Gasteiger partial charge is 0.393 e. The molecule has 0 fully saturated rings. The SMILES string of the molecule is C=C=C(Cc1ccccc1)C[C@@H](O)CC. The second kappa shape index (κ2) is 6.23. The average molecular weight is 202 g/mol. The third-order valence-electron chi connectivity index (χ3n) is 2.46. The van der Waals surface area contributed by atoms with E-state index in [1.54, 1.807) is 0 Å². The van der Waals surface area contributed by atoms with E-state index in [0.717, 1.165) is 18.4 Å². The molecule has 1 aromatic rings. The monoisotopic (exact) mass is 202 g/mol. The first-order valence-electron chi connectivity index (χ1n) is 5.36. The quantitative estimate of drug-likeness (QED) is 0.727. The van der Waals surface area contributed by atoms with Crippen LogP contribution in [0.2, 0.25) is 0 Å². The van der Waals surface area contributed by atoms with Crippen LogP contribution in [0.3, 0.4) is 0 Å². The Kier molecular flexibility index (Phi) is 4.89. The van der Waals surface area contributed by atoms with Crippen molar-refractivity contribution in [2.75, 3.05) is 0 Å². The molecule has 1 aromatic carbocycles. The molecule has 0 spiro atoms. The van der Waals surface area contributed by atoms with Crippen molar-refractivity contribution in [2.45, 2.75) is 32.3 Å². The molecule has 1 nitrogen and oxygen atoms in total. The Balaban J connectivity index is 2.60. The summed E-state index contributed by atoms with van der Waals surface area (Å²) in [6, 6.07) is 10.2. The minimum Gasteiger partial charge on any atom is -0.393 e. The number of aliphatic hydroxyl groups is 1. The Morgan fingerprint density at radius 2 is 2.07 bits per heavy atom. The molecule has 0 heterocycles. The first-order chi connectivity index (χ1) is 7.26. The van der Waals surface area contributed by atoms with Gasteiger partial charge in [0.1, 0.15) is 0 Å². The van der Waals surface area contributed by atoms with Gasteiger partial charge in [-0.05, 0) is 17.6 Å². The van der Waals surface area contributed by atoms with Gasteiger partial charge in [0, 0.05) is 12.8 Å². The minimum absolute atomic E-state index is 0.266. The molecule has 0 radical (unpaired) electrons. The van der Waals surface area contributed by atoms with Gasteiger partial charge in [0.25, 0.3) is 0 Å². The van der Waals surface area contributed by atoms with Crippen molar-refractivity contribution < 1.29 is 5.11 Å². The van der Waals surface area contributed by atoms with E-state index in [1.165, 1.54) is 5.56 Å². The van der Waals surface area contributed by atoms with Crippen molar-refractivity contribution in [3.63, 3.8) is 0 Å². The summed E-state index contributed by atoms with van der Waals surface area (Å²) in [4.78, 5) is 0. The lowest BCUT2D eigenvalue weighted by molar-refractivity contribution is 0.170. The maximum atomic E-state index is 9.55. The molecule has 1 heteroatoms. The first kappa shape index (κ1) is 11.8. The summed E-state index contributed by atoms with van der Waals surface area (Å²) in [6.07, 6.45) is 2.02. The Labute approximate surface area is 91.8 Å². The van der Waals surface area contributed by atoms with Gasteiger partial charge in [0.2, 0.25) is 0 Å². The summed E-state index contributed by atoms with van der Waals surface area (Å²) in [5.74, 6) is 0. The smallest absolute Gasteiger partial charge is 0.0580 e. The normalized spacial score (nSPS) is 11.9. The van der Waals surface area contributed by atoms with Crippen molar-refractivity contribution in [1.82, 2.24) is 0 Å². The predicted molar refractivity (Wildman–Crippen MR) is 63.7 cm³/mol. The van der Waals surface area contributed by atoms with Crippen molar-refractivity contribution in [1.29, 1.82) is 0 Å². The highest BCUT2D eigenvalue weighted by molar-refractivity contribution is 5.21. The number of hydrogen-bond donors (Lipinski definition) is 1. The molecular weight excluding hydrogens is 184 g/mol. The van der Waals surface area contributed by atoms with E-state index in [0.29, 0.717) is 6.42 Å². The van der Waals surface area contributed by atoms with E-state index < -0.39 is 0 Å².